The molecule has 3 heterocycles. The quantitative estimate of drug-likeness (QED) is 0.665. The summed E-state index contributed by atoms with van der Waals surface area (Å²) in [6, 6.07) is 11.0. The molecule has 2 aliphatic heterocycles. The van der Waals surface area contributed by atoms with Crippen molar-refractivity contribution >= 4 is 23.5 Å². The van der Waals surface area contributed by atoms with Gasteiger partial charge in [-0.1, -0.05) is 41.9 Å². The molecule has 8 heteroatoms. The van der Waals surface area contributed by atoms with Gasteiger partial charge in [0, 0.05) is 51.9 Å². The Morgan fingerprint density at radius 2 is 1.94 bits per heavy atom. The average Bonchev–Trinajstić information content (AvgIpc) is 3.33. The van der Waals surface area contributed by atoms with Crippen LogP contribution < -0.4 is 10.2 Å². The van der Waals surface area contributed by atoms with Gasteiger partial charge in [0.05, 0.1) is 11.2 Å². The third-order valence-corrected chi connectivity index (χ3v) is 6.40. The number of nitrogens with zero attached hydrogens (tertiary/aromatic N) is 5. The van der Waals surface area contributed by atoms with Crippen LogP contribution in [-0.4, -0.2) is 78.5 Å². The minimum absolute atomic E-state index is 0.231. The lowest BCUT2D eigenvalue weighted by atomic mass is 10.0. The van der Waals surface area contributed by atoms with Crippen LogP contribution in [0.2, 0.25) is 5.02 Å². The van der Waals surface area contributed by atoms with Gasteiger partial charge in [-0.05, 0) is 31.9 Å². The molecule has 2 aliphatic rings. The molecule has 1 atom stereocenters. The fourth-order valence-corrected chi connectivity index (χ4v) is 4.55. The summed E-state index contributed by atoms with van der Waals surface area (Å²) in [5.41, 5.74) is 1.61. The Hall–Kier alpha value is -2.22. The van der Waals surface area contributed by atoms with Crippen LogP contribution in [0.15, 0.2) is 36.5 Å². The van der Waals surface area contributed by atoms with Crippen LogP contribution in [0.1, 0.15) is 41.4 Å². The van der Waals surface area contributed by atoms with E-state index in [4.69, 9.17) is 11.6 Å². The summed E-state index contributed by atoms with van der Waals surface area (Å²) >= 11 is 6.22. The van der Waals surface area contributed by atoms with Gasteiger partial charge in [-0.15, -0.1) is 0 Å². The number of halogens is 1. The van der Waals surface area contributed by atoms with Crippen molar-refractivity contribution in [2.24, 2.45) is 0 Å². The van der Waals surface area contributed by atoms with Crippen LogP contribution in [0.4, 0.5) is 5.95 Å². The smallest absolute Gasteiger partial charge is 0.271 e. The molecule has 0 radical (unpaired) electrons. The molecule has 2 saturated heterocycles. The summed E-state index contributed by atoms with van der Waals surface area (Å²) in [7, 11) is 2.18. The van der Waals surface area contributed by atoms with Crippen molar-refractivity contribution in [2.45, 2.75) is 25.3 Å². The first-order valence-corrected chi connectivity index (χ1v) is 11.5. The van der Waals surface area contributed by atoms with Gasteiger partial charge in [0.2, 0.25) is 5.95 Å². The standard InChI is InChI=1S/C23H31ClN6O/c1-28-14-15-29(20(17-28)18-8-3-2-4-9-18)13-7-10-25-22(31)21-19(24)16-26-23(27-21)30-11-5-6-12-30/h2-4,8-9,16,20H,5-7,10-15,17H2,1H3,(H,25,31). The molecule has 4 rings (SSSR count). The highest BCUT2D eigenvalue weighted by atomic mass is 35.5. The van der Waals surface area contributed by atoms with Crippen molar-refractivity contribution in [3.8, 4) is 0 Å². The van der Waals surface area contributed by atoms with Crippen molar-refractivity contribution in [3.05, 3.63) is 52.8 Å². The summed E-state index contributed by atoms with van der Waals surface area (Å²) < 4.78 is 0. The monoisotopic (exact) mass is 442 g/mol. The molecule has 2 aromatic rings. The minimum atomic E-state index is -0.231. The van der Waals surface area contributed by atoms with Gasteiger partial charge in [0.15, 0.2) is 5.69 Å². The van der Waals surface area contributed by atoms with Crippen molar-refractivity contribution < 1.29 is 4.79 Å². The highest BCUT2D eigenvalue weighted by molar-refractivity contribution is 6.33. The maximum Gasteiger partial charge on any atom is 0.271 e. The maximum absolute atomic E-state index is 12.7. The van der Waals surface area contributed by atoms with Crippen LogP contribution in [0.3, 0.4) is 0 Å². The molecule has 0 aliphatic carbocycles. The molecule has 0 bridgehead atoms. The summed E-state index contributed by atoms with van der Waals surface area (Å²) in [6.07, 6.45) is 4.67. The third kappa shape index (κ3) is 5.53. The zero-order valence-corrected chi connectivity index (χ0v) is 18.9. The Bertz CT molecular complexity index is 874. The number of anilines is 1. The number of carbonyl (C=O) groups is 1. The zero-order chi connectivity index (χ0) is 21.6. The van der Waals surface area contributed by atoms with Crippen molar-refractivity contribution in [1.82, 2.24) is 25.1 Å². The molecule has 1 amide bonds. The Morgan fingerprint density at radius 1 is 1.16 bits per heavy atom. The van der Waals surface area contributed by atoms with Gasteiger partial charge < -0.3 is 15.1 Å². The summed E-state index contributed by atoms with van der Waals surface area (Å²) in [6.45, 7) is 6.49. The minimum Gasteiger partial charge on any atom is -0.351 e. The predicted octanol–water partition coefficient (Wildman–Crippen LogP) is 2.84. The van der Waals surface area contributed by atoms with Gasteiger partial charge in [-0.25, -0.2) is 9.97 Å². The van der Waals surface area contributed by atoms with E-state index in [0.717, 1.165) is 58.5 Å². The number of hydrogen-bond acceptors (Lipinski definition) is 6. The zero-order valence-electron chi connectivity index (χ0n) is 18.1. The van der Waals surface area contributed by atoms with Gasteiger partial charge in [-0.2, -0.15) is 0 Å². The van der Waals surface area contributed by atoms with Gasteiger partial charge in [-0.3, -0.25) is 9.69 Å². The predicted molar refractivity (Wildman–Crippen MR) is 124 cm³/mol. The molecule has 166 valence electrons. The second-order valence-electron chi connectivity index (χ2n) is 8.39. The SMILES string of the molecule is CN1CCN(CCCNC(=O)c2nc(N3CCCC3)ncc2Cl)C(c2ccccc2)C1. The molecule has 0 saturated carbocycles. The molecule has 1 N–H and O–H groups in total. The molecule has 2 fully saturated rings. The second kappa shape index (κ2) is 10.4. The van der Waals surface area contributed by atoms with E-state index in [1.54, 1.807) is 0 Å². The Kier molecular flexibility index (Phi) is 7.37. The molecular formula is C23H31ClN6O. The van der Waals surface area contributed by atoms with Gasteiger partial charge >= 0.3 is 0 Å². The molecule has 1 unspecified atom stereocenters. The number of hydrogen-bond donors (Lipinski definition) is 1. The number of benzene rings is 1. The Morgan fingerprint density at radius 3 is 2.71 bits per heavy atom. The second-order valence-corrected chi connectivity index (χ2v) is 8.80. The number of rotatable bonds is 7. The average molecular weight is 443 g/mol. The number of carbonyl (C=O) groups excluding carboxylic acids is 1. The first kappa shape index (κ1) is 22.0. The molecule has 7 nitrogen and oxygen atoms in total. The first-order valence-electron chi connectivity index (χ1n) is 11.1. The van der Waals surface area contributed by atoms with E-state index in [1.807, 2.05) is 0 Å². The van der Waals surface area contributed by atoms with E-state index in [-0.39, 0.29) is 11.6 Å². The lowest BCUT2D eigenvalue weighted by Gasteiger charge is -2.40. The third-order valence-electron chi connectivity index (χ3n) is 6.12. The number of likely N-dealkylation sites (N-methyl/N-ethyl adjacent to an activating group) is 1. The van der Waals surface area contributed by atoms with E-state index >= 15 is 0 Å². The van der Waals surface area contributed by atoms with E-state index in [0.29, 0.717) is 23.6 Å². The first-order chi connectivity index (χ1) is 15.1. The molecule has 0 spiro atoms. The molecule has 31 heavy (non-hydrogen) atoms. The van der Waals surface area contributed by atoms with Crippen LogP contribution in [0.25, 0.3) is 0 Å². The summed E-state index contributed by atoms with van der Waals surface area (Å²) in [5, 5.41) is 3.29. The van der Waals surface area contributed by atoms with Crippen LogP contribution in [-0.2, 0) is 0 Å². The van der Waals surface area contributed by atoms with Crippen LogP contribution >= 0.6 is 11.6 Å². The van der Waals surface area contributed by atoms with E-state index < -0.39 is 0 Å². The number of amides is 1. The van der Waals surface area contributed by atoms with E-state index in [2.05, 4.69) is 67.4 Å². The Balaban J connectivity index is 1.31. The lowest BCUT2D eigenvalue weighted by Crippen LogP contribution is -2.47. The van der Waals surface area contributed by atoms with Gasteiger partial charge in [0.1, 0.15) is 0 Å². The number of piperazine rings is 1. The van der Waals surface area contributed by atoms with Crippen LogP contribution in [0.5, 0.6) is 0 Å². The summed E-state index contributed by atoms with van der Waals surface area (Å²) in [4.78, 5) is 28.4. The largest absolute Gasteiger partial charge is 0.351 e. The normalized spacial score (nSPS) is 20.2. The maximum atomic E-state index is 12.7. The van der Waals surface area contributed by atoms with Crippen LogP contribution in [0, 0.1) is 0 Å². The lowest BCUT2D eigenvalue weighted by molar-refractivity contribution is 0.0864. The Labute approximate surface area is 189 Å². The highest BCUT2D eigenvalue weighted by Gasteiger charge is 2.26. The molecule has 1 aromatic heterocycles. The fourth-order valence-electron chi connectivity index (χ4n) is 4.37. The van der Waals surface area contributed by atoms with Gasteiger partial charge in [0.25, 0.3) is 5.91 Å². The van der Waals surface area contributed by atoms with Crippen molar-refractivity contribution in [3.63, 3.8) is 0 Å². The van der Waals surface area contributed by atoms with E-state index in [1.165, 1.54) is 11.8 Å². The highest BCUT2D eigenvalue weighted by Crippen LogP contribution is 2.25. The van der Waals surface area contributed by atoms with Crippen molar-refractivity contribution in [1.29, 1.82) is 0 Å². The fraction of sp³-hybridized carbons (Fsp3) is 0.522. The summed E-state index contributed by atoms with van der Waals surface area (Å²) in [5.74, 6) is 0.362. The molecular weight excluding hydrogens is 412 g/mol. The van der Waals surface area contributed by atoms with Crippen molar-refractivity contribution in [2.75, 3.05) is 57.8 Å². The molecule has 1 aromatic carbocycles. The number of aromatic nitrogens is 2. The number of nitrogens with one attached hydrogen (secondary N) is 1. The van der Waals surface area contributed by atoms with E-state index in [9.17, 15) is 4.79 Å². The topological polar surface area (TPSA) is 64.6 Å².